The second kappa shape index (κ2) is 1.97. The minimum Gasteiger partial charge on any atom is -0.192 e. The van der Waals surface area contributed by atoms with Gasteiger partial charge >= 0.3 is 0 Å². The van der Waals surface area contributed by atoms with Crippen LogP contribution in [0, 0.1) is 18.3 Å². The van der Waals surface area contributed by atoms with Crippen molar-refractivity contribution in [2.75, 3.05) is 0 Å². The number of nitriles is 1. The fourth-order valence-electron chi connectivity index (χ4n) is 0.475. The average molecular weight is 123 g/mol. The molecule has 2 heteroatoms. The smallest absolute Gasteiger partial charge is 0.100 e. The van der Waals surface area contributed by atoms with Gasteiger partial charge in [0.15, 0.2) is 0 Å². The van der Waals surface area contributed by atoms with Gasteiger partial charge in [0.1, 0.15) is 6.07 Å². The van der Waals surface area contributed by atoms with Crippen LogP contribution in [-0.4, -0.2) is 0 Å². The molecule has 8 heavy (non-hydrogen) atoms. The molecule has 0 fully saturated rings. The number of hydrogen-bond donors (Lipinski definition) is 0. The normalized spacial score (nSPS) is 8.50. The van der Waals surface area contributed by atoms with Gasteiger partial charge in [0.05, 0.1) is 5.56 Å². The molecule has 0 aliphatic rings. The van der Waals surface area contributed by atoms with Crippen LogP contribution in [0.5, 0.6) is 0 Å². The van der Waals surface area contributed by atoms with Crippen molar-refractivity contribution in [3.63, 3.8) is 0 Å². The Morgan fingerprint density at radius 3 is 2.62 bits per heavy atom. The second-order valence-corrected chi connectivity index (χ2v) is 2.32. The first-order valence-corrected chi connectivity index (χ1v) is 3.22. The standard InChI is InChI=1S/C6H5NS/c1-5-3-8-4-6(5)2-7/h3-4H,1H3. The molecule has 1 aromatic rings. The molecule has 0 unspecified atom stereocenters. The summed E-state index contributed by atoms with van der Waals surface area (Å²) in [6.07, 6.45) is 0. The van der Waals surface area contributed by atoms with Crippen molar-refractivity contribution in [3.05, 3.63) is 21.9 Å². The van der Waals surface area contributed by atoms with Gasteiger partial charge in [0.25, 0.3) is 0 Å². The van der Waals surface area contributed by atoms with E-state index in [4.69, 9.17) is 5.26 Å². The highest BCUT2D eigenvalue weighted by Crippen LogP contribution is 2.10. The van der Waals surface area contributed by atoms with Gasteiger partial charge in [-0.3, -0.25) is 0 Å². The van der Waals surface area contributed by atoms with Crippen molar-refractivity contribution in [2.45, 2.75) is 6.92 Å². The van der Waals surface area contributed by atoms with Crippen molar-refractivity contribution in [3.8, 4) is 6.07 Å². The monoisotopic (exact) mass is 123 g/mol. The molecule has 0 aliphatic carbocycles. The molecule has 0 bridgehead atoms. The molecule has 1 rings (SSSR count). The first-order chi connectivity index (χ1) is 3.84. The Morgan fingerprint density at radius 2 is 2.38 bits per heavy atom. The molecular formula is C6H5NS. The van der Waals surface area contributed by atoms with E-state index in [-0.39, 0.29) is 0 Å². The molecule has 0 atom stereocenters. The van der Waals surface area contributed by atoms with Crippen molar-refractivity contribution in [2.24, 2.45) is 0 Å². The average Bonchev–Trinajstić information content (AvgIpc) is 2.14. The van der Waals surface area contributed by atoms with E-state index in [9.17, 15) is 0 Å². The van der Waals surface area contributed by atoms with E-state index in [2.05, 4.69) is 6.07 Å². The van der Waals surface area contributed by atoms with Crippen LogP contribution in [-0.2, 0) is 0 Å². The largest absolute Gasteiger partial charge is 0.192 e. The minimum atomic E-state index is 0.801. The summed E-state index contributed by atoms with van der Waals surface area (Å²) in [7, 11) is 0. The molecule has 0 N–H and O–H groups in total. The molecule has 0 spiro atoms. The third kappa shape index (κ3) is 0.728. The van der Waals surface area contributed by atoms with Crippen molar-refractivity contribution in [1.82, 2.24) is 0 Å². The maximum absolute atomic E-state index is 8.36. The molecule has 0 aromatic carbocycles. The van der Waals surface area contributed by atoms with Gasteiger partial charge in [0.2, 0.25) is 0 Å². The predicted octanol–water partition coefficient (Wildman–Crippen LogP) is 1.93. The van der Waals surface area contributed by atoms with Gasteiger partial charge in [-0.05, 0) is 17.9 Å². The Bertz CT molecular complexity index is 219. The Hall–Kier alpha value is -0.810. The van der Waals surface area contributed by atoms with Crippen molar-refractivity contribution >= 4 is 11.3 Å². The summed E-state index contributed by atoms with van der Waals surface area (Å²) in [6, 6.07) is 2.09. The zero-order valence-electron chi connectivity index (χ0n) is 4.51. The number of nitrogens with zero attached hydrogens (tertiary/aromatic N) is 1. The van der Waals surface area contributed by atoms with Gasteiger partial charge in [-0.15, -0.1) is 0 Å². The van der Waals surface area contributed by atoms with E-state index in [0.29, 0.717) is 0 Å². The number of rotatable bonds is 0. The number of hydrogen-bond acceptors (Lipinski definition) is 2. The Kier molecular flexibility index (Phi) is 1.32. The molecule has 0 aliphatic heterocycles. The van der Waals surface area contributed by atoms with E-state index >= 15 is 0 Å². The summed E-state index contributed by atoms with van der Waals surface area (Å²) in [4.78, 5) is 0. The van der Waals surface area contributed by atoms with E-state index in [1.54, 1.807) is 11.3 Å². The molecule has 0 radical (unpaired) electrons. The molecule has 1 nitrogen and oxygen atoms in total. The van der Waals surface area contributed by atoms with Gasteiger partial charge in [0, 0.05) is 5.38 Å². The summed E-state index contributed by atoms with van der Waals surface area (Å²) in [5, 5.41) is 12.2. The fraction of sp³-hybridized carbons (Fsp3) is 0.167. The summed E-state index contributed by atoms with van der Waals surface area (Å²) in [6.45, 7) is 1.94. The molecule has 40 valence electrons. The van der Waals surface area contributed by atoms with Crippen LogP contribution < -0.4 is 0 Å². The molecule has 0 saturated heterocycles. The maximum atomic E-state index is 8.36. The lowest BCUT2D eigenvalue weighted by Crippen LogP contribution is -1.67. The third-order valence-electron chi connectivity index (χ3n) is 0.976. The van der Waals surface area contributed by atoms with E-state index in [1.807, 2.05) is 17.7 Å². The van der Waals surface area contributed by atoms with Gasteiger partial charge in [-0.1, -0.05) is 0 Å². The van der Waals surface area contributed by atoms with Crippen LogP contribution in [0.4, 0.5) is 0 Å². The zero-order valence-corrected chi connectivity index (χ0v) is 5.33. The first-order valence-electron chi connectivity index (χ1n) is 2.27. The molecule has 1 aromatic heterocycles. The summed E-state index contributed by atoms with van der Waals surface area (Å²) >= 11 is 1.57. The summed E-state index contributed by atoms with van der Waals surface area (Å²) < 4.78 is 0. The molecule has 1 heterocycles. The lowest BCUT2D eigenvalue weighted by atomic mass is 10.2. The van der Waals surface area contributed by atoms with Crippen LogP contribution in [0.15, 0.2) is 10.8 Å². The first kappa shape index (κ1) is 5.33. The second-order valence-electron chi connectivity index (χ2n) is 1.58. The van der Waals surface area contributed by atoms with Crippen molar-refractivity contribution < 1.29 is 0 Å². The van der Waals surface area contributed by atoms with Crippen LogP contribution in [0.3, 0.4) is 0 Å². The van der Waals surface area contributed by atoms with E-state index in [0.717, 1.165) is 11.1 Å². The predicted molar refractivity (Wildman–Crippen MR) is 33.8 cm³/mol. The lowest BCUT2D eigenvalue weighted by molar-refractivity contribution is 1.45. The van der Waals surface area contributed by atoms with Crippen LogP contribution in [0.2, 0.25) is 0 Å². The lowest BCUT2D eigenvalue weighted by Gasteiger charge is -1.76. The third-order valence-corrected chi connectivity index (χ3v) is 1.84. The quantitative estimate of drug-likeness (QED) is 0.517. The topological polar surface area (TPSA) is 23.8 Å². The Balaban J connectivity index is 3.15. The molecular weight excluding hydrogens is 118 g/mol. The van der Waals surface area contributed by atoms with Gasteiger partial charge in [-0.25, -0.2) is 0 Å². The van der Waals surface area contributed by atoms with Crippen LogP contribution >= 0.6 is 11.3 Å². The minimum absolute atomic E-state index is 0.801. The number of aryl methyl sites for hydroxylation is 1. The van der Waals surface area contributed by atoms with E-state index < -0.39 is 0 Å². The maximum Gasteiger partial charge on any atom is 0.100 e. The Morgan fingerprint density at radius 1 is 1.62 bits per heavy atom. The SMILES string of the molecule is Cc1cscc1C#N. The van der Waals surface area contributed by atoms with Crippen LogP contribution in [0.1, 0.15) is 11.1 Å². The van der Waals surface area contributed by atoms with Crippen molar-refractivity contribution in [1.29, 1.82) is 5.26 Å². The molecule has 0 amide bonds. The van der Waals surface area contributed by atoms with Gasteiger partial charge in [-0.2, -0.15) is 16.6 Å². The zero-order chi connectivity index (χ0) is 5.98. The Labute approximate surface area is 52.2 Å². The number of thiophene rings is 1. The highest BCUT2D eigenvalue weighted by Gasteiger charge is 1.92. The summed E-state index contributed by atoms with van der Waals surface area (Å²) in [5.41, 5.74) is 1.88. The molecule has 0 saturated carbocycles. The van der Waals surface area contributed by atoms with Gasteiger partial charge < -0.3 is 0 Å². The van der Waals surface area contributed by atoms with E-state index in [1.165, 1.54) is 0 Å². The highest BCUT2D eigenvalue weighted by atomic mass is 32.1. The fourth-order valence-corrected chi connectivity index (χ4v) is 1.25. The summed E-state index contributed by atoms with van der Waals surface area (Å²) in [5.74, 6) is 0. The van der Waals surface area contributed by atoms with Crippen LogP contribution in [0.25, 0.3) is 0 Å². The highest BCUT2D eigenvalue weighted by molar-refractivity contribution is 7.08.